The molecule has 3 aromatic carbocycles. The Bertz CT molecular complexity index is 1630. The highest BCUT2D eigenvalue weighted by molar-refractivity contribution is 7.92. The lowest BCUT2D eigenvalue weighted by Gasteiger charge is -2.35. The van der Waals surface area contributed by atoms with Crippen molar-refractivity contribution in [2.45, 2.75) is 64.1 Å². The van der Waals surface area contributed by atoms with Gasteiger partial charge in [0.25, 0.3) is 10.0 Å². The third-order valence-corrected chi connectivity index (χ3v) is 9.25. The van der Waals surface area contributed by atoms with Gasteiger partial charge in [-0.25, -0.2) is 8.42 Å². The van der Waals surface area contributed by atoms with Crippen molar-refractivity contribution in [2.24, 2.45) is 0 Å². The van der Waals surface area contributed by atoms with Gasteiger partial charge < -0.3 is 24.4 Å². The van der Waals surface area contributed by atoms with E-state index in [1.54, 1.807) is 49.4 Å². The van der Waals surface area contributed by atoms with E-state index < -0.39 is 34.1 Å². The molecule has 0 aromatic heterocycles. The molecule has 0 saturated heterocycles. The van der Waals surface area contributed by atoms with Crippen LogP contribution in [0.1, 0.15) is 46.6 Å². The first-order valence-corrected chi connectivity index (χ1v) is 16.9. The van der Waals surface area contributed by atoms with Crippen molar-refractivity contribution in [3.63, 3.8) is 0 Å². The average molecular weight is 695 g/mol. The Balaban J connectivity index is 2.15. The number of amides is 2. The second-order valence-electron chi connectivity index (χ2n) is 11.4. The van der Waals surface area contributed by atoms with Crippen molar-refractivity contribution in [3.05, 3.63) is 76.3 Å². The molecule has 2 amide bonds. The van der Waals surface area contributed by atoms with Crippen molar-refractivity contribution in [1.29, 1.82) is 0 Å². The monoisotopic (exact) mass is 693 g/mol. The fourth-order valence-electron chi connectivity index (χ4n) is 4.71. The molecule has 250 valence electrons. The molecule has 1 N–H and O–H groups in total. The summed E-state index contributed by atoms with van der Waals surface area (Å²) in [6, 6.07) is 14.4. The zero-order chi connectivity index (χ0) is 34.2. The molecule has 0 saturated carbocycles. The van der Waals surface area contributed by atoms with Crippen LogP contribution < -0.4 is 23.8 Å². The second kappa shape index (κ2) is 15.8. The third-order valence-electron chi connectivity index (χ3n) is 6.90. The van der Waals surface area contributed by atoms with E-state index in [1.165, 1.54) is 37.3 Å². The zero-order valence-corrected chi connectivity index (χ0v) is 29.4. The maximum Gasteiger partial charge on any atom is 0.264 e. The Labute approximate surface area is 281 Å². The fraction of sp³-hybridized carbons (Fsp3) is 0.394. The van der Waals surface area contributed by atoms with Gasteiger partial charge in [-0.1, -0.05) is 36.2 Å². The third kappa shape index (κ3) is 9.20. The van der Waals surface area contributed by atoms with Gasteiger partial charge in [-0.2, -0.15) is 0 Å². The maximum absolute atomic E-state index is 14.4. The molecule has 0 heterocycles. The quantitative estimate of drug-likeness (QED) is 0.210. The van der Waals surface area contributed by atoms with E-state index in [4.69, 9.17) is 37.4 Å². The number of carbonyl (C=O) groups excluding carboxylic acids is 2. The minimum absolute atomic E-state index is 0.0710. The van der Waals surface area contributed by atoms with E-state index in [1.807, 2.05) is 27.7 Å². The number of nitrogens with one attached hydrogen (secondary N) is 1. The van der Waals surface area contributed by atoms with E-state index in [0.717, 1.165) is 4.31 Å². The number of methoxy groups -OCH3 is 2. The lowest BCUT2D eigenvalue weighted by atomic mass is 10.1. The molecule has 0 spiro atoms. The lowest BCUT2D eigenvalue weighted by Crippen LogP contribution is -2.55. The number of sulfonamides is 1. The van der Waals surface area contributed by atoms with E-state index >= 15 is 0 Å². The summed E-state index contributed by atoms with van der Waals surface area (Å²) in [6.07, 6.45) is 0.254. The molecule has 3 rings (SSSR count). The molecule has 0 aliphatic carbocycles. The molecular weight excluding hydrogens is 653 g/mol. The molecule has 0 radical (unpaired) electrons. The number of halogens is 2. The summed E-state index contributed by atoms with van der Waals surface area (Å²) < 4.78 is 45.8. The number of rotatable bonds is 14. The molecule has 0 unspecified atom stereocenters. The first-order valence-electron chi connectivity index (χ1n) is 14.7. The second-order valence-corrected chi connectivity index (χ2v) is 14.1. The molecular formula is C33H41Cl2N3O7S. The number of ether oxygens (including phenoxy) is 3. The highest BCUT2D eigenvalue weighted by Gasteiger charge is 2.35. The number of benzene rings is 3. The molecule has 1 atom stereocenters. The zero-order valence-electron chi connectivity index (χ0n) is 27.1. The van der Waals surface area contributed by atoms with Gasteiger partial charge in [-0.15, -0.1) is 0 Å². The van der Waals surface area contributed by atoms with Crippen LogP contribution in [0.3, 0.4) is 0 Å². The molecule has 0 aliphatic heterocycles. The van der Waals surface area contributed by atoms with Gasteiger partial charge >= 0.3 is 0 Å². The normalized spacial score (nSPS) is 12.2. The Morgan fingerprint density at radius 2 is 1.57 bits per heavy atom. The standard InChI is InChI=1S/C33H41Cl2N3O7S/c1-8-28(32(40)36-33(3,4)5)37(20-22-10-11-23(34)18-27(22)35)31(39)21-38(24-12-14-25(15-13-24)45-9-2)46(41,42)26-16-17-29(43-6)30(19-26)44-7/h10-19,28H,8-9,20-21H2,1-7H3,(H,36,40)/t28-/m1/s1. The molecule has 10 nitrogen and oxygen atoms in total. The summed E-state index contributed by atoms with van der Waals surface area (Å²) >= 11 is 12.6. The van der Waals surface area contributed by atoms with Crippen LogP contribution in [0.4, 0.5) is 5.69 Å². The predicted octanol–water partition coefficient (Wildman–Crippen LogP) is 6.33. The highest BCUT2D eigenvalue weighted by atomic mass is 35.5. The van der Waals surface area contributed by atoms with Gasteiger partial charge in [-0.05, 0) is 88.2 Å². The topological polar surface area (TPSA) is 114 Å². The van der Waals surface area contributed by atoms with Gasteiger partial charge in [0.05, 0.1) is 31.4 Å². The van der Waals surface area contributed by atoms with E-state index in [0.29, 0.717) is 33.7 Å². The van der Waals surface area contributed by atoms with Crippen LogP contribution in [0.2, 0.25) is 10.0 Å². The van der Waals surface area contributed by atoms with E-state index in [9.17, 15) is 18.0 Å². The summed E-state index contributed by atoms with van der Waals surface area (Å²) in [5.41, 5.74) is 0.169. The Morgan fingerprint density at radius 1 is 0.913 bits per heavy atom. The molecule has 13 heteroatoms. The van der Waals surface area contributed by atoms with Crippen LogP contribution in [0.5, 0.6) is 17.2 Å². The number of hydrogen-bond donors (Lipinski definition) is 1. The summed E-state index contributed by atoms with van der Waals surface area (Å²) in [5, 5.41) is 3.65. The van der Waals surface area contributed by atoms with E-state index in [-0.39, 0.29) is 35.2 Å². The van der Waals surface area contributed by atoms with Crippen LogP contribution in [-0.4, -0.2) is 64.1 Å². The summed E-state index contributed by atoms with van der Waals surface area (Å²) in [6.45, 7) is 8.84. The molecule has 0 fully saturated rings. The molecule has 46 heavy (non-hydrogen) atoms. The average Bonchev–Trinajstić information content (AvgIpc) is 3.00. The smallest absolute Gasteiger partial charge is 0.264 e. The van der Waals surface area contributed by atoms with Crippen molar-refractivity contribution < 1.29 is 32.2 Å². The molecule has 0 aliphatic rings. The number of hydrogen-bond acceptors (Lipinski definition) is 7. The predicted molar refractivity (Wildman–Crippen MR) is 181 cm³/mol. The maximum atomic E-state index is 14.4. The van der Waals surface area contributed by atoms with Gasteiger partial charge in [0.2, 0.25) is 11.8 Å². The lowest BCUT2D eigenvalue weighted by molar-refractivity contribution is -0.141. The fourth-order valence-corrected chi connectivity index (χ4v) is 6.61. The van der Waals surface area contributed by atoms with Crippen LogP contribution in [0, 0.1) is 0 Å². The molecule has 3 aromatic rings. The van der Waals surface area contributed by atoms with Crippen LogP contribution >= 0.6 is 23.2 Å². The first kappa shape index (κ1) is 36.8. The number of anilines is 1. The van der Waals surface area contributed by atoms with Crippen LogP contribution in [0.25, 0.3) is 0 Å². The van der Waals surface area contributed by atoms with Gasteiger partial charge in [0.1, 0.15) is 18.3 Å². The van der Waals surface area contributed by atoms with Gasteiger partial charge in [-0.3, -0.25) is 13.9 Å². The largest absolute Gasteiger partial charge is 0.494 e. The highest BCUT2D eigenvalue weighted by Crippen LogP contribution is 2.33. The number of nitrogens with zero attached hydrogens (tertiary/aromatic N) is 2. The molecule has 0 bridgehead atoms. The van der Waals surface area contributed by atoms with E-state index in [2.05, 4.69) is 5.32 Å². The summed E-state index contributed by atoms with van der Waals surface area (Å²) in [5.74, 6) is 0.0610. The summed E-state index contributed by atoms with van der Waals surface area (Å²) in [7, 11) is -1.53. The minimum atomic E-state index is -4.37. The van der Waals surface area contributed by atoms with Crippen molar-refractivity contribution >= 4 is 50.7 Å². The van der Waals surface area contributed by atoms with Crippen LogP contribution in [0.15, 0.2) is 65.6 Å². The number of carbonyl (C=O) groups is 2. The SMILES string of the molecule is CCOc1ccc(N(CC(=O)N(Cc2ccc(Cl)cc2Cl)[C@H](CC)C(=O)NC(C)(C)C)S(=O)(=O)c2ccc(OC)c(OC)c2)cc1. The Morgan fingerprint density at radius 3 is 2.11 bits per heavy atom. The van der Waals surface area contributed by atoms with Crippen molar-refractivity contribution in [1.82, 2.24) is 10.2 Å². The Hall–Kier alpha value is -3.67. The minimum Gasteiger partial charge on any atom is -0.494 e. The van der Waals surface area contributed by atoms with Gasteiger partial charge in [0, 0.05) is 28.2 Å². The van der Waals surface area contributed by atoms with Crippen molar-refractivity contribution in [3.8, 4) is 17.2 Å². The Kier molecular flexibility index (Phi) is 12.6. The van der Waals surface area contributed by atoms with Gasteiger partial charge in [0.15, 0.2) is 11.5 Å². The summed E-state index contributed by atoms with van der Waals surface area (Å²) in [4.78, 5) is 29.1. The first-order chi connectivity index (χ1) is 21.6. The van der Waals surface area contributed by atoms with Crippen LogP contribution in [-0.2, 0) is 26.2 Å². The van der Waals surface area contributed by atoms with Crippen molar-refractivity contribution in [2.75, 3.05) is 31.7 Å².